The van der Waals surface area contributed by atoms with Gasteiger partial charge in [-0.15, -0.1) is 0 Å². The largest absolute Gasteiger partial charge is 0.488 e. The summed E-state index contributed by atoms with van der Waals surface area (Å²) in [4.78, 5) is 0. The first-order valence-electron chi connectivity index (χ1n) is 6.83. The highest BCUT2D eigenvalue weighted by Crippen LogP contribution is 2.40. The molecule has 2 N–H and O–H groups in total. The molecule has 3 rings (SSSR count). The molecule has 3 unspecified atom stereocenters. The van der Waals surface area contributed by atoms with E-state index in [1.165, 1.54) is 5.56 Å². The van der Waals surface area contributed by atoms with Crippen molar-refractivity contribution in [2.45, 2.75) is 44.9 Å². The van der Waals surface area contributed by atoms with Crippen LogP contribution in [0, 0.1) is 5.41 Å². The lowest BCUT2D eigenvalue weighted by molar-refractivity contribution is -0.0740. The summed E-state index contributed by atoms with van der Waals surface area (Å²) in [5.41, 5.74) is 1.25. The monoisotopic (exact) mass is 325 g/mol. The van der Waals surface area contributed by atoms with Gasteiger partial charge in [0.05, 0.1) is 6.10 Å². The predicted molar refractivity (Wildman–Crippen MR) is 78.5 cm³/mol. The molecule has 0 amide bonds. The Hall–Kier alpha value is -0.580. The molecule has 0 aromatic heterocycles. The molecule has 0 spiro atoms. The van der Waals surface area contributed by atoms with Gasteiger partial charge in [0.25, 0.3) is 0 Å². The molecule has 2 aliphatic rings. The Morgan fingerprint density at radius 2 is 2.26 bits per heavy atom. The third-order valence-corrected chi connectivity index (χ3v) is 5.06. The first-order valence-corrected chi connectivity index (χ1v) is 7.62. The molecule has 1 aromatic rings. The number of fused-ring (bicyclic) bond motifs is 1. The fraction of sp³-hybridized carbons (Fsp3) is 0.600. The lowest BCUT2D eigenvalue weighted by Crippen LogP contribution is -2.61. The van der Waals surface area contributed by atoms with Crippen molar-refractivity contribution in [2.75, 3.05) is 6.54 Å². The highest BCUT2D eigenvalue weighted by Gasteiger charge is 2.47. The summed E-state index contributed by atoms with van der Waals surface area (Å²) in [5, 5.41) is 13.3. The van der Waals surface area contributed by atoms with E-state index in [4.69, 9.17) is 4.74 Å². The molecule has 3 atom stereocenters. The van der Waals surface area contributed by atoms with Crippen LogP contribution in [-0.2, 0) is 6.42 Å². The number of halogens is 1. The third kappa shape index (κ3) is 2.41. The topological polar surface area (TPSA) is 41.5 Å². The van der Waals surface area contributed by atoms with Crippen LogP contribution in [0.5, 0.6) is 5.75 Å². The molecule has 0 radical (unpaired) electrons. The molecule has 0 saturated heterocycles. The van der Waals surface area contributed by atoms with Gasteiger partial charge < -0.3 is 15.2 Å². The van der Waals surface area contributed by atoms with Gasteiger partial charge >= 0.3 is 0 Å². The van der Waals surface area contributed by atoms with Crippen LogP contribution in [0.3, 0.4) is 0 Å². The minimum absolute atomic E-state index is 0.0194. The SMILES string of the molecule is CC1(C)C(O)CC1NCC1Cc2cc(Br)ccc2O1. The summed E-state index contributed by atoms with van der Waals surface area (Å²) >= 11 is 3.49. The Morgan fingerprint density at radius 1 is 1.47 bits per heavy atom. The lowest BCUT2D eigenvalue weighted by Gasteiger charge is -2.49. The molecule has 1 fully saturated rings. The zero-order valence-electron chi connectivity index (χ0n) is 11.3. The van der Waals surface area contributed by atoms with Crippen molar-refractivity contribution in [3.63, 3.8) is 0 Å². The summed E-state index contributed by atoms with van der Waals surface area (Å²) in [6, 6.07) is 6.56. The Morgan fingerprint density at radius 3 is 2.95 bits per heavy atom. The molecule has 104 valence electrons. The van der Waals surface area contributed by atoms with Crippen molar-refractivity contribution in [3.05, 3.63) is 28.2 Å². The highest BCUT2D eigenvalue weighted by atomic mass is 79.9. The van der Waals surface area contributed by atoms with E-state index in [0.29, 0.717) is 6.04 Å². The van der Waals surface area contributed by atoms with E-state index in [0.717, 1.165) is 29.6 Å². The lowest BCUT2D eigenvalue weighted by atomic mass is 9.64. The van der Waals surface area contributed by atoms with Crippen molar-refractivity contribution in [1.29, 1.82) is 0 Å². The van der Waals surface area contributed by atoms with Crippen LogP contribution in [0.15, 0.2) is 22.7 Å². The van der Waals surface area contributed by atoms with E-state index in [-0.39, 0.29) is 17.6 Å². The summed E-state index contributed by atoms with van der Waals surface area (Å²) in [6.07, 6.45) is 1.83. The molecule has 1 heterocycles. The van der Waals surface area contributed by atoms with Crippen LogP contribution in [0.2, 0.25) is 0 Å². The van der Waals surface area contributed by atoms with E-state index in [1.807, 2.05) is 12.1 Å². The van der Waals surface area contributed by atoms with Crippen molar-refractivity contribution in [2.24, 2.45) is 5.41 Å². The quantitative estimate of drug-likeness (QED) is 0.897. The normalized spacial score (nSPS) is 31.5. The Labute approximate surface area is 122 Å². The van der Waals surface area contributed by atoms with Crippen LogP contribution in [0.1, 0.15) is 25.8 Å². The van der Waals surface area contributed by atoms with Crippen molar-refractivity contribution in [3.8, 4) is 5.75 Å². The van der Waals surface area contributed by atoms with Gasteiger partial charge in [-0.2, -0.15) is 0 Å². The molecule has 4 heteroatoms. The van der Waals surface area contributed by atoms with Crippen LogP contribution >= 0.6 is 15.9 Å². The average molecular weight is 326 g/mol. The maximum absolute atomic E-state index is 9.73. The first-order chi connectivity index (χ1) is 8.96. The molecular formula is C15H20BrNO2. The predicted octanol–water partition coefficient (Wildman–Crippen LogP) is 2.50. The first kappa shape index (κ1) is 13.4. The van der Waals surface area contributed by atoms with Crippen LogP contribution in [0.4, 0.5) is 0 Å². The van der Waals surface area contributed by atoms with E-state index < -0.39 is 0 Å². The zero-order chi connectivity index (χ0) is 13.6. The van der Waals surface area contributed by atoms with Gasteiger partial charge in [-0.05, 0) is 30.2 Å². The minimum atomic E-state index is -0.178. The molecule has 1 saturated carbocycles. The molecule has 19 heavy (non-hydrogen) atoms. The van der Waals surface area contributed by atoms with Crippen LogP contribution < -0.4 is 10.1 Å². The van der Waals surface area contributed by atoms with Gasteiger partial charge in [-0.25, -0.2) is 0 Å². The Kier molecular flexibility index (Phi) is 3.36. The molecular weight excluding hydrogens is 306 g/mol. The van der Waals surface area contributed by atoms with Crippen molar-refractivity contribution in [1.82, 2.24) is 5.32 Å². The van der Waals surface area contributed by atoms with Gasteiger partial charge in [0.1, 0.15) is 11.9 Å². The molecule has 3 nitrogen and oxygen atoms in total. The van der Waals surface area contributed by atoms with Gasteiger partial charge in [0, 0.05) is 28.9 Å². The average Bonchev–Trinajstić information content (AvgIpc) is 2.76. The number of aliphatic hydroxyl groups excluding tert-OH is 1. The number of ether oxygens (including phenoxy) is 1. The zero-order valence-corrected chi connectivity index (χ0v) is 12.9. The van der Waals surface area contributed by atoms with Crippen LogP contribution in [0.25, 0.3) is 0 Å². The second kappa shape index (κ2) is 4.76. The Bertz CT molecular complexity index is 489. The third-order valence-electron chi connectivity index (χ3n) is 4.57. The molecule has 1 aromatic carbocycles. The Balaban J connectivity index is 1.54. The maximum Gasteiger partial charge on any atom is 0.123 e. The second-order valence-electron chi connectivity index (χ2n) is 6.23. The van der Waals surface area contributed by atoms with E-state index >= 15 is 0 Å². The molecule has 1 aliphatic heterocycles. The summed E-state index contributed by atoms with van der Waals surface area (Å²) in [7, 11) is 0. The smallest absolute Gasteiger partial charge is 0.123 e. The van der Waals surface area contributed by atoms with Crippen molar-refractivity contribution < 1.29 is 9.84 Å². The summed E-state index contributed by atoms with van der Waals surface area (Å²) in [5.74, 6) is 1.00. The van der Waals surface area contributed by atoms with Crippen molar-refractivity contribution >= 4 is 15.9 Å². The maximum atomic E-state index is 9.73. The van der Waals surface area contributed by atoms with E-state index in [9.17, 15) is 5.11 Å². The highest BCUT2D eigenvalue weighted by molar-refractivity contribution is 9.10. The summed E-state index contributed by atoms with van der Waals surface area (Å²) in [6.45, 7) is 5.06. The van der Waals surface area contributed by atoms with Gasteiger partial charge in [0.2, 0.25) is 0 Å². The fourth-order valence-corrected chi connectivity index (χ4v) is 3.33. The fourth-order valence-electron chi connectivity index (χ4n) is 2.93. The standard InChI is InChI=1S/C15H20BrNO2/c1-15(2)13(7-14(15)18)17-8-11-6-9-5-10(16)3-4-12(9)19-11/h3-5,11,13-14,17-18H,6-8H2,1-2H3. The molecule has 1 aliphatic carbocycles. The number of hydrogen-bond donors (Lipinski definition) is 2. The number of benzene rings is 1. The second-order valence-corrected chi connectivity index (χ2v) is 7.15. The number of nitrogens with one attached hydrogen (secondary N) is 1. The summed E-state index contributed by atoms with van der Waals surface area (Å²) < 4.78 is 7.03. The van der Waals surface area contributed by atoms with Gasteiger partial charge in [-0.3, -0.25) is 0 Å². The number of rotatable bonds is 3. The minimum Gasteiger partial charge on any atom is -0.488 e. The van der Waals surface area contributed by atoms with E-state index in [2.05, 4.69) is 41.2 Å². The van der Waals surface area contributed by atoms with Gasteiger partial charge in [0.15, 0.2) is 0 Å². The number of aliphatic hydroxyl groups is 1. The molecule has 0 bridgehead atoms. The van der Waals surface area contributed by atoms with Gasteiger partial charge in [-0.1, -0.05) is 29.8 Å². The number of hydrogen-bond acceptors (Lipinski definition) is 3. The van der Waals surface area contributed by atoms with E-state index in [1.54, 1.807) is 0 Å². The van der Waals surface area contributed by atoms with Crippen LogP contribution in [-0.4, -0.2) is 29.9 Å².